The number of ether oxygens (including phenoxy) is 1. The molecular formula is C16H15BrFN3O4. The molecule has 132 valence electrons. The lowest BCUT2D eigenvalue weighted by Gasteiger charge is -2.37. The van der Waals surface area contributed by atoms with Crippen LogP contribution in [-0.2, 0) is 4.74 Å². The number of carbonyl (C=O) groups is 2. The van der Waals surface area contributed by atoms with E-state index >= 15 is 0 Å². The number of nitrogens with one attached hydrogen (secondary N) is 1. The summed E-state index contributed by atoms with van der Waals surface area (Å²) < 4.78 is 20.7. The molecule has 4 N–H and O–H groups in total. The van der Waals surface area contributed by atoms with Crippen LogP contribution < -0.4 is 11.1 Å². The standard InChI is InChI=1S/C16H15BrFN3O4/c17-10-3-1-9(2-4-10)14(23)16(19)12(18)7-21(15(24)20-16)13-6-5-11(8-22)25-13/h1-7,11,13,22H,8,19H2,(H,20,24)/t11-,13+,16?/m0/s1. The van der Waals surface area contributed by atoms with E-state index in [1.54, 1.807) is 18.2 Å². The van der Waals surface area contributed by atoms with Gasteiger partial charge in [0.2, 0.25) is 11.4 Å². The predicted octanol–water partition coefficient (Wildman–Crippen LogP) is 1.40. The highest BCUT2D eigenvalue weighted by atomic mass is 79.9. The van der Waals surface area contributed by atoms with Gasteiger partial charge in [-0.05, 0) is 18.2 Å². The average molecular weight is 412 g/mol. The van der Waals surface area contributed by atoms with Crippen LogP contribution in [0.1, 0.15) is 10.4 Å². The number of rotatable bonds is 4. The Balaban J connectivity index is 1.86. The van der Waals surface area contributed by atoms with E-state index in [4.69, 9.17) is 15.6 Å². The molecule has 2 heterocycles. The lowest BCUT2D eigenvalue weighted by Crippen LogP contribution is -2.67. The number of nitrogens with two attached hydrogens (primary N) is 1. The summed E-state index contributed by atoms with van der Waals surface area (Å²) in [4.78, 5) is 25.8. The minimum Gasteiger partial charge on any atom is -0.393 e. The van der Waals surface area contributed by atoms with Crippen LogP contribution in [0.5, 0.6) is 0 Å². The Morgan fingerprint density at radius 1 is 1.40 bits per heavy atom. The van der Waals surface area contributed by atoms with Gasteiger partial charge in [0.05, 0.1) is 6.61 Å². The smallest absolute Gasteiger partial charge is 0.326 e. The molecule has 2 aliphatic rings. The summed E-state index contributed by atoms with van der Waals surface area (Å²) in [6.45, 7) is -0.266. The lowest BCUT2D eigenvalue weighted by atomic mass is 9.96. The maximum atomic E-state index is 14.6. The monoisotopic (exact) mass is 411 g/mol. The molecule has 25 heavy (non-hydrogen) atoms. The molecule has 0 aromatic heterocycles. The molecule has 9 heteroatoms. The van der Waals surface area contributed by atoms with Crippen LogP contribution in [0, 0.1) is 0 Å². The Labute approximate surface area is 151 Å². The highest BCUT2D eigenvalue weighted by molar-refractivity contribution is 9.10. The fourth-order valence-corrected chi connectivity index (χ4v) is 2.77. The Morgan fingerprint density at radius 2 is 2.08 bits per heavy atom. The summed E-state index contributed by atoms with van der Waals surface area (Å²) in [6, 6.07) is 5.38. The van der Waals surface area contributed by atoms with Crippen molar-refractivity contribution in [2.24, 2.45) is 5.73 Å². The SMILES string of the molecule is NC1(C(=O)c2ccc(Br)cc2)NC(=O)N([C@H]2C=C[C@@H](CO)O2)C=C1F. The molecule has 0 bridgehead atoms. The number of nitrogens with zero attached hydrogens (tertiary/aromatic N) is 1. The van der Waals surface area contributed by atoms with E-state index in [0.29, 0.717) is 0 Å². The quantitative estimate of drug-likeness (QED) is 0.512. The maximum Gasteiger partial charge on any atom is 0.326 e. The van der Waals surface area contributed by atoms with E-state index in [1.807, 2.05) is 0 Å². The molecule has 0 aliphatic carbocycles. The van der Waals surface area contributed by atoms with Gasteiger partial charge in [-0.1, -0.05) is 34.1 Å². The van der Waals surface area contributed by atoms with E-state index in [9.17, 15) is 14.0 Å². The van der Waals surface area contributed by atoms with E-state index in [-0.39, 0.29) is 12.2 Å². The second-order valence-electron chi connectivity index (χ2n) is 5.59. The third kappa shape index (κ3) is 3.23. The van der Waals surface area contributed by atoms with Crippen molar-refractivity contribution in [3.8, 4) is 0 Å². The van der Waals surface area contributed by atoms with E-state index in [2.05, 4.69) is 21.2 Å². The molecule has 0 saturated heterocycles. The second-order valence-corrected chi connectivity index (χ2v) is 6.51. The van der Waals surface area contributed by atoms with Crippen LogP contribution in [0.25, 0.3) is 0 Å². The van der Waals surface area contributed by atoms with Crippen molar-refractivity contribution in [2.45, 2.75) is 18.0 Å². The molecule has 1 aromatic rings. The van der Waals surface area contributed by atoms with Gasteiger partial charge in [-0.2, -0.15) is 0 Å². The zero-order valence-electron chi connectivity index (χ0n) is 12.9. The highest BCUT2D eigenvalue weighted by Gasteiger charge is 2.47. The van der Waals surface area contributed by atoms with Crippen LogP contribution in [-0.4, -0.2) is 46.4 Å². The van der Waals surface area contributed by atoms with Crippen LogP contribution >= 0.6 is 15.9 Å². The molecule has 0 fully saturated rings. The third-order valence-corrected chi connectivity index (χ3v) is 4.42. The number of ketones is 1. The van der Waals surface area contributed by atoms with E-state index in [1.165, 1.54) is 18.2 Å². The van der Waals surface area contributed by atoms with Gasteiger partial charge in [-0.25, -0.2) is 9.18 Å². The Hall–Kier alpha value is -2.07. The van der Waals surface area contributed by atoms with Gasteiger partial charge in [-0.3, -0.25) is 15.4 Å². The average Bonchev–Trinajstić information content (AvgIpc) is 3.07. The number of aliphatic hydroxyl groups excluding tert-OH is 1. The molecular weight excluding hydrogens is 397 g/mol. The van der Waals surface area contributed by atoms with Crippen LogP contribution in [0.2, 0.25) is 0 Å². The van der Waals surface area contributed by atoms with Gasteiger partial charge >= 0.3 is 6.03 Å². The molecule has 0 saturated carbocycles. The van der Waals surface area contributed by atoms with Crippen molar-refractivity contribution < 1.29 is 23.8 Å². The molecule has 0 spiro atoms. The number of halogens is 2. The van der Waals surface area contributed by atoms with E-state index in [0.717, 1.165) is 15.6 Å². The molecule has 3 rings (SSSR count). The first-order chi connectivity index (χ1) is 11.8. The molecule has 2 aliphatic heterocycles. The van der Waals surface area contributed by atoms with Gasteiger partial charge in [0, 0.05) is 16.2 Å². The maximum absolute atomic E-state index is 14.6. The zero-order valence-corrected chi connectivity index (χ0v) is 14.4. The normalized spacial score (nSPS) is 28.7. The first kappa shape index (κ1) is 17.7. The third-order valence-electron chi connectivity index (χ3n) is 3.89. The van der Waals surface area contributed by atoms with Crippen LogP contribution in [0.3, 0.4) is 0 Å². The summed E-state index contributed by atoms with van der Waals surface area (Å²) in [6.07, 6.45) is 2.42. The van der Waals surface area contributed by atoms with Gasteiger partial charge in [0.25, 0.3) is 0 Å². The number of hydrogen-bond donors (Lipinski definition) is 3. The van der Waals surface area contributed by atoms with Gasteiger partial charge in [-0.15, -0.1) is 0 Å². The summed E-state index contributed by atoms with van der Waals surface area (Å²) in [5, 5.41) is 11.2. The van der Waals surface area contributed by atoms with E-state index < -0.39 is 35.6 Å². The van der Waals surface area contributed by atoms with Crippen molar-refractivity contribution in [2.75, 3.05) is 6.61 Å². The number of carbonyl (C=O) groups excluding carboxylic acids is 2. The second kappa shape index (κ2) is 6.68. The van der Waals surface area contributed by atoms with Crippen molar-refractivity contribution in [3.63, 3.8) is 0 Å². The number of urea groups is 1. The van der Waals surface area contributed by atoms with Crippen LogP contribution in [0.15, 0.2) is 52.9 Å². The van der Waals surface area contributed by atoms with Crippen molar-refractivity contribution >= 4 is 27.7 Å². The molecule has 3 atom stereocenters. The lowest BCUT2D eigenvalue weighted by molar-refractivity contribution is -0.0262. The van der Waals surface area contributed by atoms with Gasteiger partial charge < -0.3 is 15.2 Å². The first-order valence-electron chi connectivity index (χ1n) is 7.37. The fourth-order valence-electron chi connectivity index (χ4n) is 2.51. The molecule has 7 nitrogen and oxygen atoms in total. The number of Topliss-reactive ketones (excluding diaryl/α,β-unsaturated/α-hetero) is 1. The molecule has 0 radical (unpaired) electrons. The van der Waals surface area contributed by atoms with Crippen molar-refractivity contribution in [1.82, 2.24) is 10.2 Å². The molecule has 1 unspecified atom stereocenters. The fraction of sp³-hybridized carbons (Fsp3) is 0.250. The predicted molar refractivity (Wildman–Crippen MR) is 89.8 cm³/mol. The Bertz CT molecular complexity index is 767. The molecule has 1 aromatic carbocycles. The first-order valence-corrected chi connectivity index (χ1v) is 8.16. The summed E-state index contributed by atoms with van der Waals surface area (Å²) in [5.74, 6) is -1.80. The van der Waals surface area contributed by atoms with Crippen molar-refractivity contribution in [3.05, 3.63) is 58.5 Å². The van der Waals surface area contributed by atoms with Gasteiger partial charge in [0.15, 0.2) is 12.1 Å². The van der Waals surface area contributed by atoms with Crippen LogP contribution in [0.4, 0.5) is 9.18 Å². The minimum atomic E-state index is -2.29. The Kier molecular flexibility index (Phi) is 4.74. The highest BCUT2D eigenvalue weighted by Crippen LogP contribution is 2.27. The number of hydrogen-bond acceptors (Lipinski definition) is 5. The minimum absolute atomic E-state index is 0.153. The van der Waals surface area contributed by atoms with Gasteiger partial charge in [0.1, 0.15) is 6.10 Å². The number of amides is 2. The summed E-state index contributed by atoms with van der Waals surface area (Å²) >= 11 is 3.24. The summed E-state index contributed by atoms with van der Waals surface area (Å²) in [5.41, 5.74) is 3.72. The number of benzene rings is 1. The van der Waals surface area contributed by atoms with Crippen molar-refractivity contribution in [1.29, 1.82) is 0 Å². The molecule has 2 amide bonds. The number of aliphatic hydroxyl groups is 1. The largest absolute Gasteiger partial charge is 0.393 e. The summed E-state index contributed by atoms with van der Waals surface area (Å²) in [7, 11) is 0. The Morgan fingerprint density at radius 3 is 2.68 bits per heavy atom. The topological polar surface area (TPSA) is 105 Å². The zero-order chi connectivity index (χ0) is 18.2.